The molecule has 1 radical (unpaired) electrons. The summed E-state index contributed by atoms with van der Waals surface area (Å²) >= 11 is 0. The molecular weight excluding hydrogens is 112 g/mol. The van der Waals surface area contributed by atoms with Crippen molar-refractivity contribution in [3.63, 3.8) is 0 Å². The van der Waals surface area contributed by atoms with E-state index in [-0.39, 0.29) is 5.25 Å². The summed E-state index contributed by atoms with van der Waals surface area (Å²) in [6, 6.07) is 0. The van der Waals surface area contributed by atoms with Crippen LogP contribution < -0.4 is 0 Å². The fourth-order valence-electron chi connectivity index (χ4n) is 0.427. The Morgan fingerprint density at radius 1 is 1.43 bits per heavy atom. The molecule has 1 fully saturated rings. The fourth-order valence-corrected chi connectivity index (χ4v) is 1.28. The van der Waals surface area contributed by atoms with Gasteiger partial charge in [0.25, 0.3) is 0 Å². The zero-order chi connectivity index (χ0) is 5.49. The van der Waals surface area contributed by atoms with E-state index in [9.17, 15) is 8.42 Å². The smallest absolute Gasteiger partial charge is 0.154 e. The maximum atomic E-state index is 10.3. The van der Waals surface area contributed by atoms with Crippen molar-refractivity contribution in [2.24, 2.45) is 0 Å². The lowest BCUT2D eigenvalue weighted by molar-refractivity contribution is 0.603. The minimum absolute atomic E-state index is 0.0903. The van der Waals surface area contributed by atoms with Gasteiger partial charge < -0.3 is 0 Å². The SMILES string of the molecule is [CH2]S(=O)(=O)C1CC1. The molecule has 0 unspecified atom stereocenters. The highest BCUT2D eigenvalue weighted by Crippen LogP contribution is 2.27. The van der Waals surface area contributed by atoms with E-state index >= 15 is 0 Å². The van der Waals surface area contributed by atoms with Gasteiger partial charge in [-0.2, -0.15) is 0 Å². The van der Waals surface area contributed by atoms with Crippen molar-refractivity contribution in [1.29, 1.82) is 0 Å². The van der Waals surface area contributed by atoms with Crippen LogP contribution in [0.2, 0.25) is 0 Å². The highest BCUT2D eigenvalue weighted by molar-refractivity contribution is 7.93. The van der Waals surface area contributed by atoms with Gasteiger partial charge >= 0.3 is 0 Å². The molecule has 0 aromatic carbocycles. The summed E-state index contributed by atoms with van der Waals surface area (Å²) in [4.78, 5) is 0. The molecule has 41 valence electrons. The number of sulfone groups is 1. The highest BCUT2D eigenvalue weighted by atomic mass is 32.2. The van der Waals surface area contributed by atoms with Crippen LogP contribution in [0, 0.1) is 6.26 Å². The molecule has 0 aromatic rings. The predicted octanol–water partition coefficient (Wildman–Crippen LogP) is 0.355. The maximum absolute atomic E-state index is 10.3. The van der Waals surface area contributed by atoms with Crippen molar-refractivity contribution in [2.45, 2.75) is 18.1 Å². The van der Waals surface area contributed by atoms with Gasteiger partial charge in [-0.3, -0.25) is 0 Å². The quantitative estimate of drug-likeness (QED) is 0.499. The van der Waals surface area contributed by atoms with Gasteiger partial charge in [-0.05, 0) is 12.8 Å². The predicted molar refractivity (Wildman–Crippen MR) is 27.3 cm³/mol. The van der Waals surface area contributed by atoms with Crippen LogP contribution in [0.3, 0.4) is 0 Å². The van der Waals surface area contributed by atoms with E-state index in [1.165, 1.54) is 0 Å². The Labute approximate surface area is 43.5 Å². The summed E-state index contributed by atoms with van der Waals surface area (Å²) in [6.07, 6.45) is 4.66. The van der Waals surface area contributed by atoms with Gasteiger partial charge in [0.05, 0.1) is 11.5 Å². The second-order valence-electron chi connectivity index (χ2n) is 1.86. The molecule has 7 heavy (non-hydrogen) atoms. The van der Waals surface area contributed by atoms with Crippen LogP contribution in [0.4, 0.5) is 0 Å². The first-order chi connectivity index (χ1) is 3.11. The average molecular weight is 119 g/mol. The molecule has 1 saturated carbocycles. The zero-order valence-corrected chi connectivity index (χ0v) is 4.74. The van der Waals surface area contributed by atoms with Crippen molar-refractivity contribution < 1.29 is 8.42 Å². The molecule has 0 amide bonds. The summed E-state index contributed by atoms with van der Waals surface area (Å²) in [7, 11) is -2.88. The number of hydrogen-bond donors (Lipinski definition) is 0. The van der Waals surface area contributed by atoms with Crippen LogP contribution in [0.25, 0.3) is 0 Å². The van der Waals surface area contributed by atoms with Crippen LogP contribution in [0.5, 0.6) is 0 Å². The van der Waals surface area contributed by atoms with Gasteiger partial charge in [0.1, 0.15) is 0 Å². The van der Waals surface area contributed by atoms with Crippen LogP contribution in [-0.2, 0) is 9.84 Å². The molecule has 0 saturated heterocycles. The van der Waals surface area contributed by atoms with Gasteiger partial charge in [-0.15, -0.1) is 0 Å². The van der Waals surface area contributed by atoms with E-state index in [1.54, 1.807) is 0 Å². The summed E-state index contributed by atoms with van der Waals surface area (Å²) in [5.74, 6) is 0. The topological polar surface area (TPSA) is 34.1 Å². The molecule has 0 aromatic heterocycles. The van der Waals surface area contributed by atoms with E-state index in [4.69, 9.17) is 0 Å². The molecule has 2 nitrogen and oxygen atoms in total. The van der Waals surface area contributed by atoms with Crippen molar-refractivity contribution in [3.05, 3.63) is 6.26 Å². The Morgan fingerprint density at radius 3 is 1.86 bits per heavy atom. The minimum Gasteiger partial charge on any atom is -0.229 e. The Balaban J connectivity index is 2.71. The monoisotopic (exact) mass is 119 g/mol. The molecule has 0 bridgehead atoms. The van der Waals surface area contributed by atoms with Crippen molar-refractivity contribution in [3.8, 4) is 0 Å². The van der Waals surface area contributed by atoms with Crippen LogP contribution in [-0.4, -0.2) is 13.7 Å². The lowest BCUT2D eigenvalue weighted by Crippen LogP contribution is -1.98. The highest BCUT2D eigenvalue weighted by Gasteiger charge is 2.31. The average Bonchev–Trinajstić information content (AvgIpc) is 1.99. The van der Waals surface area contributed by atoms with Gasteiger partial charge in [-0.1, -0.05) is 0 Å². The Bertz CT molecular complexity index is 153. The molecule has 1 rings (SSSR count). The first-order valence-corrected chi connectivity index (χ1v) is 3.89. The standard InChI is InChI=1S/C4H7O2S/c1-7(5,6)4-2-3-4/h4H,1-3H2. The van der Waals surface area contributed by atoms with Crippen LogP contribution >= 0.6 is 0 Å². The summed E-state index contributed by atoms with van der Waals surface area (Å²) in [5, 5.41) is -0.0903. The molecule has 3 heteroatoms. The van der Waals surface area contributed by atoms with E-state index < -0.39 is 9.84 Å². The van der Waals surface area contributed by atoms with Gasteiger partial charge in [0.2, 0.25) is 0 Å². The molecule has 0 spiro atoms. The second-order valence-corrected chi connectivity index (χ2v) is 3.85. The molecule has 0 aliphatic heterocycles. The van der Waals surface area contributed by atoms with Gasteiger partial charge in [0.15, 0.2) is 9.84 Å². The summed E-state index contributed by atoms with van der Waals surface area (Å²) < 4.78 is 20.6. The molecule has 0 atom stereocenters. The van der Waals surface area contributed by atoms with Crippen molar-refractivity contribution in [1.82, 2.24) is 0 Å². The van der Waals surface area contributed by atoms with Gasteiger partial charge in [-0.25, -0.2) is 8.42 Å². The third kappa shape index (κ3) is 1.16. The minimum atomic E-state index is -2.88. The molecular formula is C4H7O2S. The van der Waals surface area contributed by atoms with Crippen molar-refractivity contribution in [2.75, 3.05) is 0 Å². The summed E-state index contributed by atoms with van der Waals surface area (Å²) in [6.45, 7) is 0. The van der Waals surface area contributed by atoms with E-state index in [2.05, 4.69) is 6.26 Å². The fraction of sp³-hybridized carbons (Fsp3) is 0.750. The van der Waals surface area contributed by atoms with Gasteiger partial charge in [0, 0.05) is 0 Å². The lowest BCUT2D eigenvalue weighted by atomic mass is 11.0. The Morgan fingerprint density at radius 2 is 1.86 bits per heavy atom. The van der Waals surface area contributed by atoms with E-state index in [1.807, 2.05) is 0 Å². The van der Waals surface area contributed by atoms with Crippen molar-refractivity contribution >= 4 is 9.84 Å². The lowest BCUT2D eigenvalue weighted by Gasteiger charge is -1.84. The zero-order valence-electron chi connectivity index (χ0n) is 3.92. The van der Waals surface area contributed by atoms with Crippen LogP contribution in [0.15, 0.2) is 0 Å². The molecule has 0 heterocycles. The third-order valence-corrected chi connectivity index (χ3v) is 2.52. The largest absolute Gasteiger partial charge is 0.229 e. The first kappa shape index (κ1) is 5.09. The maximum Gasteiger partial charge on any atom is 0.154 e. The molecule has 0 N–H and O–H groups in total. The van der Waals surface area contributed by atoms with Crippen LogP contribution in [0.1, 0.15) is 12.8 Å². The molecule has 1 aliphatic rings. The second kappa shape index (κ2) is 1.22. The first-order valence-electron chi connectivity index (χ1n) is 2.17. The Kier molecular flexibility index (Phi) is 0.885. The summed E-state index contributed by atoms with van der Waals surface area (Å²) in [5.41, 5.74) is 0. The Hall–Kier alpha value is -0.0500. The third-order valence-electron chi connectivity index (χ3n) is 1.03. The number of rotatable bonds is 1. The normalized spacial score (nSPS) is 22.4. The number of hydrogen-bond acceptors (Lipinski definition) is 2. The van der Waals surface area contributed by atoms with E-state index in [0.29, 0.717) is 0 Å². The van der Waals surface area contributed by atoms with E-state index in [0.717, 1.165) is 12.8 Å². The molecule has 1 aliphatic carbocycles.